The van der Waals surface area contributed by atoms with Gasteiger partial charge in [-0.3, -0.25) is 0 Å². The van der Waals surface area contributed by atoms with Gasteiger partial charge in [0, 0.05) is 12.0 Å². The molecule has 0 spiro atoms. The zero-order chi connectivity index (χ0) is 15.1. The van der Waals surface area contributed by atoms with Gasteiger partial charge in [-0.25, -0.2) is 4.79 Å². The molecule has 4 rings (SSSR count). The van der Waals surface area contributed by atoms with Gasteiger partial charge in [0.1, 0.15) is 22.9 Å². The highest BCUT2D eigenvalue weighted by Crippen LogP contribution is 2.32. The molecule has 1 aromatic heterocycles. The van der Waals surface area contributed by atoms with Crippen molar-refractivity contribution in [3.63, 3.8) is 0 Å². The zero-order valence-corrected chi connectivity index (χ0v) is 12.0. The fraction of sp³-hybridized carbons (Fsp3) is 0.167. The van der Waals surface area contributed by atoms with Crippen molar-refractivity contribution in [2.75, 3.05) is 6.54 Å². The molecule has 4 heteroatoms. The third-order valence-electron chi connectivity index (χ3n) is 4.34. The second-order valence-electron chi connectivity index (χ2n) is 5.60. The highest BCUT2D eigenvalue weighted by atomic mass is 16.4. The first-order valence-electron chi connectivity index (χ1n) is 7.41. The summed E-state index contributed by atoms with van der Waals surface area (Å²) < 4.78 is 5.41. The highest BCUT2D eigenvalue weighted by molar-refractivity contribution is 5.84. The van der Waals surface area contributed by atoms with E-state index in [0.717, 1.165) is 18.5 Å². The van der Waals surface area contributed by atoms with Crippen molar-refractivity contribution in [2.45, 2.75) is 12.5 Å². The molecular weight excluding hydrogens is 278 g/mol. The molecular formula is C18H16NO3+. The van der Waals surface area contributed by atoms with Crippen LogP contribution in [-0.4, -0.2) is 11.7 Å². The predicted octanol–water partition coefficient (Wildman–Crippen LogP) is 1.71. The van der Waals surface area contributed by atoms with Gasteiger partial charge < -0.3 is 14.8 Å². The van der Waals surface area contributed by atoms with Crippen molar-refractivity contribution >= 4 is 11.0 Å². The van der Waals surface area contributed by atoms with Crippen molar-refractivity contribution < 1.29 is 14.8 Å². The number of nitrogens with two attached hydrogens (primary N) is 1. The predicted molar refractivity (Wildman–Crippen MR) is 82.9 cm³/mol. The maximum atomic E-state index is 12.4. The molecule has 2 heterocycles. The van der Waals surface area contributed by atoms with Crippen molar-refractivity contribution in [3.05, 3.63) is 75.6 Å². The molecule has 1 atom stereocenters. The Hall–Kier alpha value is -2.59. The van der Waals surface area contributed by atoms with Gasteiger partial charge in [0.25, 0.3) is 0 Å². The monoisotopic (exact) mass is 294 g/mol. The standard InChI is InChI=1S/C18H15NO3/c20-17-13-7-3-4-8-14(13)22-18(21)15(17)16-12-6-2-1-5-11(12)9-10-19-16/h1-8,16,19-20H,9-10H2/p+1/t16-/m1/s1. The Morgan fingerprint density at radius 3 is 2.77 bits per heavy atom. The van der Waals surface area contributed by atoms with Gasteiger partial charge in [0.15, 0.2) is 0 Å². The summed E-state index contributed by atoms with van der Waals surface area (Å²) in [4.78, 5) is 12.4. The first-order chi connectivity index (χ1) is 10.8. The maximum absolute atomic E-state index is 12.4. The molecule has 0 amide bonds. The van der Waals surface area contributed by atoms with Crippen LogP contribution in [0.15, 0.2) is 57.7 Å². The summed E-state index contributed by atoms with van der Waals surface area (Å²) in [5, 5.41) is 13.3. The number of aromatic hydroxyl groups is 1. The van der Waals surface area contributed by atoms with Crippen LogP contribution in [0.4, 0.5) is 0 Å². The van der Waals surface area contributed by atoms with Crippen LogP contribution < -0.4 is 10.9 Å². The van der Waals surface area contributed by atoms with E-state index in [1.165, 1.54) is 5.56 Å². The molecule has 0 bridgehead atoms. The average molecular weight is 294 g/mol. The normalized spacial score (nSPS) is 17.4. The Bertz CT molecular complexity index is 914. The van der Waals surface area contributed by atoms with Crippen molar-refractivity contribution in [3.8, 4) is 5.75 Å². The summed E-state index contributed by atoms with van der Waals surface area (Å²) in [6.07, 6.45) is 0.965. The Balaban J connectivity index is 1.98. The third-order valence-corrected chi connectivity index (χ3v) is 4.34. The van der Waals surface area contributed by atoms with E-state index in [-0.39, 0.29) is 11.8 Å². The van der Waals surface area contributed by atoms with Gasteiger partial charge in [0.05, 0.1) is 11.9 Å². The molecule has 0 fully saturated rings. The molecule has 110 valence electrons. The summed E-state index contributed by atoms with van der Waals surface area (Å²) in [7, 11) is 0. The van der Waals surface area contributed by atoms with E-state index >= 15 is 0 Å². The molecule has 0 saturated heterocycles. The number of hydrogen-bond donors (Lipinski definition) is 2. The van der Waals surface area contributed by atoms with Crippen molar-refractivity contribution in [1.82, 2.24) is 0 Å². The number of fused-ring (bicyclic) bond motifs is 2. The minimum Gasteiger partial charge on any atom is -0.506 e. The van der Waals surface area contributed by atoms with E-state index in [1.54, 1.807) is 18.2 Å². The molecule has 1 aliphatic heterocycles. The van der Waals surface area contributed by atoms with Crippen molar-refractivity contribution in [2.24, 2.45) is 0 Å². The van der Waals surface area contributed by atoms with Gasteiger partial charge in [-0.1, -0.05) is 36.4 Å². The number of benzene rings is 2. The summed E-state index contributed by atoms with van der Waals surface area (Å²) in [6.45, 7) is 0.882. The lowest BCUT2D eigenvalue weighted by molar-refractivity contribution is -0.690. The summed E-state index contributed by atoms with van der Waals surface area (Å²) >= 11 is 0. The van der Waals surface area contributed by atoms with Crippen molar-refractivity contribution in [1.29, 1.82) is 0 Å². The fourth-order valence-corrected chi connectivity index (χ4v) is 3.29. The molecule has 3 N–H and O–H groups in total. The SMILES string of the molecule is O=c1oc2ccccc2c(O)c1[C@@H]1[NH2+]CCc2ccccc21. The minimum absolute atomic E-state index is 0.0322. The van der Waals surface area contributed by atoms with E-state index < -0.39 is 5.63 Å². The Morgan fingerprint density at radius 2 is 1.86 bits per heavy atom. The van der Waals surface area contributed by atoms with E-state index in [2.05, 4.69) is 11.4 Å². The van der Waals surface area contributed by atoms with Crippen LogP contribution in [0.2, 0.25) is 0 Å². The molecule has 4 nitrogen and oxygen atoms in total. The van der Waals surface area contributed by atoms with Gasteiger partial charge in [-0.2, -0.15) is 0 Å². The lowest BCUT2D eigenvalue weighted by Crippen LogP contribution is -2.87. The number of para-hydroxylation sites is 1. The first kappa shape index (κ1) is 13.1. The summed E-state index contributed by atoms with van der Waals surface area (Å²) in [5.41, 5.74) is 2.59. The lowest BCUT2D eigenvalue weighted by Gasteiger charge is -2.23. The molecule has 0 radical (unpaired) electrons. The zero-order valence-electron chi connectivity index (χ0n) is 12.0. The van der Waals surface area contributed by atoms with Crippen LogP contribution in [0.25, 0.3) is 11.0 Å². The first-order valence-corrected chi connectivity index (χ1v) is 7.41. The Labute approximate surface area is 127 Å². The van der Waals surface area contributed by atoms with Gasteiger partial charge >= 0.3 is 5.63 Å². The van der Waals surface area contributed by atoms with Crippen LogP contribution in [0.1, 0.15) is 22.7 Å². The minimum atomic E-state index is -0.464. The third kappa shape index (κ3) is 1.92. The number of rotatable bonds is 1. The Kier molecular flexibility index (Phi) is 2.98. The second kappa shape index (κ2) is 5.00. The quantitative estimate of drug-likeness (QED) is 0.671. The molecule has 22 heavy (non-hydrogen) atoms. The smallest absolute Gasteiger partial charge is 0.349 e. The van der Waals surface area contributed by atoms with E-state index in [4.69, 9.17) is 4.42 Å². The number of quaternary nitrogens is 1. The lowest BCUT2D eigenvalue weighted by atomic mass is 9.90. The Morgan fingerprint density at radius 1 is 1.09 bits per heavy atom. The van der Waals surface area contributed by atoms with Crippen LogP contribution >= 0.6 is 0 Å². The fourth-order valence-electron chi connectivity index (χ4n) is 3.29. The largest absolute Gasteiger partial charge is 0.506 e. The molecule has 0 saturated carbocycles. The van der Waals surface area contributed by atoms with Crippen LogP contribution in [-0.2, 0) is 6.42 Å². The highest BCUT2D eigenvalue weighted by Gasteiger charge is 2.31. The van der Waals surface area contributed by atoms with E-state index in [1.807, 2.05) is 24.3 Å². The molecule has 1 aliphatic rings. The van der Waals surface area contributed by atoms with Crippen LogP contribution in [0, 0.1) is 0 Å². The summed E-state index contributed by atoms with van der Waals surface area (Å²) in [6, 6.07) is 14.9. The second-order valence-corrected chi connectivity index (χ2v) is 5.60. The molecule has 2 aromatic carbocycles. The van der Waals surface area contributed by atoms with Crippen LogP contribution in [0.3, 0.4) is 0 Å². The maximum Gasteiger partial charge on any atom is 0.349 e. The van der Waals surface area contributed by atoms with Gasteiger partial charge in [-0.05, 0) is 17.7 Å². The number of hydrogen-bond acceptors (Lipinski definition) is 3. The van der Waals surface area contributed by atoms with E-state index in [0.29, 0.717) is 16.5 Å². The van der Waals surface area contributed by atoms with E-state index in [9.17, 15) is 9.90 Å². The van der Waals surface area contributed by atoms with Crippen LogP contribution in [0.5, 0.6) is 5.75 Å². The van der Waals surface area contributed by atoms with Gasteiger partial charge in [0.2, 0.25) is 0 Å². The van der Waals surface area contributed by atoms with Gasteiger partial charge in [-0.15, -0.1) is 0 Å². The summed E-state index contributed by atoms with van der Waals surface area (Å²) in [5.74, 6) is 0.0322. The molecule has 3 aromatic rings. The molecule has 0 aliphatic carbocycles. The molecule has 0 unspecified atom stereocenters. The topological polar surface area (TPSA) is 67.0 Å². The average Bonchev–Trinajstić information content (AvgIpc) is 2.55.